The molecular weight excluding hydrogens is 304 g/mol. The Balaban J connectivity index is 1.66. The van der Waals surface area contributed by atoms with Gasteiger partial charge in [0.25, 0.3) is 0 Å². The van der Waals surface area contributed by atoms with Crippen LogP contribution < -0.4 is 10.6 Å². The Kier molecular flexibility index (Phi) is 4.42. The molecule has 0 radical (unpaired) electrons. The summed E-state index contributed by atoms with van der Waals surface area (Å²) in [5.74, 6) is 1.37. The lowest BCUT2D eigenvalue weighted by Gasteiger charge is -2.18. The van der Waals surface area contributed by atoms with Crippen LogP contribution in [0, 0.1) is 12.8 Å². The Morgan fingerprint density at radius 1 is 1.48 bits per heavy atom. The molecule has 2 heterocycles. The van der Waals surface area contributed by atoms with Gasteiger partial charge in [0.15, 0.2) is 0 Å². The first kappa shape index (κ1) is 14.7. The Labute approximate surface area is 132 Å². The Morgan fingerprint density at radius 3 is 2.95 bits per heavy atom. The number of hydrogen-bond donors (Lipinski definition) is 1. The van der Waals surface area contributed by atoms with Gasteiger partial charge in [-0.25, -0.2) is 4.98 Å². The zero-order chi connectivity index (χ0) is 14.8. The van der Waals surface area contributed by atoms with Crippen molar-refractivity contribution in [3.8, 4) is 10.6 Å². The molecule has 2 aromatic rings. The van der Waals surface area contributed by atoms with E-state index in [9.17, 15) is 0 Å². The molecule has 1 saturated carbocycles. The molecule has 0 amide bonds. The first-order valence-electron chi connectivity index (χ1n) is 7.11. The summed E-state index contributed by atoms with van der Waals surface area (Å²) in [4.78, 5) is 6.69. The minimum Gasteiger partial charge on any atom is -0.382 e. The van der Waals surface area contributed by atoms with Gasteiger partial charge in [0.2, 0.25) is 0 Å². The summed E-state index contributed by atoms with van der Waals surface area (Å²) >= 11 is 3.04. The molecule has 1 aliphatic rings. The minimum absolute atomic E-state index is 0.565. The molecule has 2 N–H and O–H groups in total. The van der Waals surface area contributed by atoms with Crippen LogP contribution in [0.25, 0.3) is 10.6 Å². The molecule has 0 spiro atoms. The molecule has 0 unspecified atom stereocenters. The number of thiazole rings is 1. The van der Waals surface area contributed by atoms with Crippen molar-refractivity contribution in [1.82, 2.24) is 9.36 Å². The average molecular weight is 324 g/mol. The zero-order valence-electron chi connectivity index (χ0n) is 12.3. The number of nitrogens with zero attached hydrogens (tertiary/aromatic N) is 3. The normalized spacial score (nSPS) is 14.6. The van der Waals surface area contributed by atoms with Gasteiger partial charge in [0, 0.05) is 31.3 Å². The molecule has 5 nitrogen and oxygen atoms in total. The first-order valence-corrected chi connectivity index (χ1v) is 8.77. The molecule has 114 valence electrons. The van der Waals surface area contributed by atoms with Gasteiger partial charge in [-0.15, -0.1) is 11.3 Å². The summed E-state index contributed by atoms with van der Waals surface area (Å²) < 4.78 is 10.00. The SMILES string of the molecule is Cc1csc(-c2c(N)nsc2N(C)CCOCC2CC2)n1. The van der Waals surface area contributed by atoms with Crippen LogP contribution in [0.5, 0.6) is 0 Å². The molecule has 7 heteroatoms. The molecule has 1 aliphatic carbocycles. The maximum absolute atomic E-state index is 6.03. The summed E-state index contributed by atoms with van der Waals surface area (Å²) in [6.45, 7) is 4.47. The van der Waals surface area contributed by atoms with Gasteiger partial charge in [-0.05, 0) is 37.2 Å². The monoisotopic (exact) mass is 324 g/mol. The van der Waals surface area contributed by atoms with Crippen LogP contribution in [0.2, 0.25) is 0 Å². The van der Waals surface area contributed by atoms with Crippen LogP contribution in [-0.2, 0) is 4.74 Å². The van der Waals surface area contributed by atoms with E-state index in [4.69, 9.17) is 10.5 Å². The van der Waals surface area contributed by atoms with Crippen molar-refractivity contribution in [1.29, 1.82) is 0 Å². The van der Waals surface area contributed by atoms with E-state index in [1.54, 1.807) is 11.3 Å². The third-order valence-corrected chi connectivity index (χ3v) is 5.46. The maximum Gasteiger partial charge on any atom is 0.149 e. The fraction of sp³-hybridized carbons (Fsp3) is 0.571. The van der Waals surface area contributed by atoms with Gasteiger partial charge in [0.1, 0.15) is 15.8 Å². The fourth-order valence-corrected chi connectivity index (χ4v) is 3.78. The number of nitrogen functional groups attached to an aromatic ring is 1. The van der Waals surface area contributed by atoms with Gasteiger partial charge >= 0.3 is 0 Å². The third kappa shape index (κ3) is 3.53. The van der Waals surface area contributed by atoms with Crippen LogP contribution in [0.4, 0.5) is 10.8 Å². The van der Waals surface area contributed by atoms with Crippen LogP contribution in [0.1, 0.15) is 18.5 Å². The summed E-state index contributed by atoms with van der Waals surface area (Å²) in [7, 11) is 2.05. The van der Waals surface area contributed by atoms with E-state index in [0.717, 1.165) is 46.9 Å². The molecule has 0 bridgehead atoms. The van der Waals surface area contributed by atoms with E-state index in [2.05, 4.69) is 21.3 Å². The maximum atomic E-state index is 6.03. The van der Waals surface area contributed by atoms with Crippen molar-refractivity contribution in [3.05, 3.63) is 11.1 Å². The molecular formula is C14H20N4OS2. The highest BCUT2D eigenvalue weighted by Crippen LogP contribution is 2.40. The lowest BCUT2D eigenvalue weighted by atomic mass is 10.3. The topological polar surface area (TPSA) is 64.3 Å². The number of likely N-dealkylation sites (N-methyl/N-ethyl adjacent to an activating group) is 1. The highest BCUT2D eigenvalue weighted by molar-refractivity contribution is 7.15. The molecule has 1 fully saturated rings. The van der Waals surface area contributed by atoms with Crippen molar-refractivity contribution < 1.29 is 4.74 Å². The number of anilines is 2. The smallest absolute Gasteiger partial charge is 0.149 e. The Bertz CT molecular complexity index is 606. The van der Waals surface area contributed by atoms with E-state index in [-0.39, 0.29) is 0 Å². The second kappa shape index (κ2) is 6.29. The van der Waals surface area contributed by atoms with Crippen molar-refractivity contribution >= 4 is 33.7 Å². The molecule has 0 saturated heterocycles. The van der Waals surface area contributed by atoms with Crippen LogP contribution in [0.15, 0.2) is 5.38 Å². The summed E-state index contributed by atoms with van der Waals surface area (Å²) in [5.41, 5.74) is 8.01. The van der Waals surface area contributed by atoms with E-state index >= 15 is 0 Å². The van der Waals surface area contributed by atoms with Crippen molar-refractivity contribution in [2.45, 2.75) is 19.8 Å². The number of rotatable bonds is 7. The van der Waals surface area contributed by atoms with Gasteiger partial charge in [-0.1, -0.05) is 0 Å². The first-order chi connectivity index (χ1) is 10.1. The van der Waals surface area contributed by atoms with E-state index in [1.165, 1.54) is 24.4 Å². The number of hydrogen-bond acceptors (Lipinski definition) is 7. The molecule has 21 heavy (non-hydrogen) atoms. The van der Waals surface area contributed by atoms with Crippen LogP contribution >= 0.6 is 22.9 Å². The van der Waals surface area contributed by atoms with Gasteiger partial charge in [-0.2, -0.15) is 4.37 Å². The number of aromatic nitrogens is 2. The van der Waals surface area contributed by atoms with E-state index < -0.39 is 0 Å². The second-order valence-corrected chi connectivity index (χ2v) is 7.09. The number of nitrogens with two attached hydrogens (primary N) is 1. The van der Waals surface area contributed by atoms with E-state index in [1.807, 2.05) is 12.3 Å². The second-order valence-electron chi connectivity index (χ2n) is 5.48. The van der Waals surface area contributed by atoms with Gasteiger partial charge < -0.3 is 15.4 Å². The molecule has 0 aliphatic heterocycles. The molecule has 2 aromatic heterocycles. The Hall–Kier alpha value is -1.18. The fourth-order valence-electron chi connectivity index (χ4n) is 2.06. The summed E-state index contributed by atoms with van der Waals surface area (Å²) in [6.07, 6.45) is 2.66. The standard InChI is InChI=1S/C14H20N4OS2/c1-9-8-20-13(16-9)11-12(15)17-21-14(11)18(2)5-6-19-7-10-3-4-10/h8,10H,3-7H2,1-2H3,(H2,15,17). The summed E-state index contributed by atoms with van der Waals surface area (Å²) in [6, 6.07) is 0. The van der Waals surface area contributed by atoms with Crippen molar-refractivity contribution in [2.75, 3.05) is 37.4 Å². The minimum atomic E-state index is 0.565. The van der Waals surface area contributed by atoms with Crippen molar-refractivity contribution in [2.24, 2.45) is 5.92 Å². The Morgan fingerprint density at radius 2 is 2.29 bits per heavy atom. The lowest BCUT2D eigenvalue weighted by molar-refractivity contribution is 0.131. The van der Waals surface area contributed by atoms with Gasteiger partial charge in [0.05, 0.1) is 12.2 Å². The van der Waals surface area contributed by atoms with Crippen LogP contribution in [-0.4, -0.2) is 36.2 Å². The average Bonchev–Trinajstić information content (AvgIpc) is 3.07. The van der Waals surface area contributed by atoms with Crippen molar-refractivity contribution in [3.63, 3.8) is 0 Å². The van der Waals surface area contributed by atoms with Crippen LogP contribution in [0.3, 0.4) is 0 Å². The summed E-state index contributed by atoms with van der Waals surface area (Å²) in [5, 5.41) is 4.05. The van der Waals surface area contributed by atoms with Gasteiger partial charge in [-0.3, -0.25) is 0 Å². The lowest BCUT2D eigenvalue weighted by Crippen LogP contribution is -2.22. The molecule has 0 atom stereocenters. The molecule has 0 aromatic carbocycles. The number of aryl methyl sites for hydroxylation is 1. The predicted octanol–water partition coefficient (Wildman–Crippen LogP) is 3.02. The largest absolute Gasteiger partial charge is 0.382 e. The number of ether oxygens (including phenoxy) is 1. The predicted molar refractivity (Wildman–Crippen MR) is 89.2 cm³/mol. The quantitative estimate of drug-likeness (QED) is 0.793. The highest BCUT2D eigenvalue weighted by atomic mass is 32.1. The molecule has 3 rings (SSSR count). The third-order valence-electron chi connectivity index (χ3n) is 3.50. The zero-order valence-corrected chi connectivity index (χ0v) is 14.0. The highest BCUT2D eigenvalue weighted by Gasteiger charge is 2.22. The van der Waals surface area contributed by atoms with E-state index in [0.29, 0.717) is 5.82 Å².